The SMILES string of the molecule is CC1CCCCC1.CCc1cccc2c1sc1c(CC)cccc12. The van der Waals surface area contributed by atoms with E-state index < -0.39 is 0 Å². The number of thiophene rings is 1. The summed E-state index contributed by atoms with van der Waals surface area (Å²) in [5.41, 5.74) is 2.96. The average molecular weight is 339 g/mol. The molecular weight excluding hydrogens is 308 g/mol. The lowest BCUT2D eigenvalue weighted by molar-refractivity contribution is 0.385. The molecule has 1 fully saturated rings. The van der Waals surface area contributed by atoms with Crippen LogP contribution in [-0.2, 0) is 12.8 Å². The number of fused-ring (bicyclic) bond motifs is 3. The van der Waals surface area contributed by atoms with Gasteiger partial charge in [0.15, 0.2) is 0 Å². The number of benzene rings is 2. The number of aryl methyl sites for hydroxylation is 2. The van der Waals surface area contributed by atoms with Crippen LogP contribution in [0.25, 0.3) is 20.2 Å². The first-order chi connectivity index (χ1) is 11.7. The molecule has 1 heteroatoms. The molecule has 1 aromatic heterocycles. The molecule has 1 saturated carbocycles. The zero-order valence-corrected chi connectivity index (χ0v) is 16.2. The molecule has 0 bridgehead atoms. The van der Waals surface area contributed by atoms with Crippen molar-refractivity contribution in [2.75, 3.05) is 0 Å². The molecule has 0 radical (unpaired) electrons. The maximum Gasteiger partial charge on any atom is 0.0387 e. The Morgan fingerprint density at radius 2 is 1.29 bits per heavy atom. The lowest BCUT2D eigenvalue weighted by Gasteiger charge is -2.15. The minimum Gasteiger partial charge on any atom is -0.135 e. The quantitative estimate of drug-likeness (QED) is 0.448. The maximum absolute atomic E-state index is 2.36. The van der Waals surface area contributed by atoms with Crippen molar-refractivity contribution in [1.82, 2.24) is 0 Å². The van der Waals surface area contributed by atoms with Crippen molar-refractivity contribution in [3.63, 3.8) is 0 Å². The van der Waals surface area contributed by atoms with Gasteiger partial charge in [0, 0.05) is 20.2 Å². The van der Waals surface area contributed by atoms with Crippen LogP contribution in [-0.4, -0.2) is 0 Å². The van der Waals surface area contributed by atoms with Crippen molar-refractivity contribution in [2.45, 2.75) is 65.7 Å². The largest absolute Gasteiger partial charge is 0.135 e. The summed E-state index contributed by atoms with van der Waals surface area (Å²) in [5.74, 6) is 1.04. The molecule has 24 heavy (non-hydrogen) atoms. The molecule has 1 aliphatic carbocycles. The topological polar surface area (TPSA) is 0 Å². The second kappa shape index (κ2) is 8.16. The third kappa shape index (κ3) is 3.67. The normalized spacial score (nSPS) is 15.5. The number of rotatable bonds is 2. The van der Waals surface area contributed by atoms with Crippen LogP contribution < -0.4 is 0 Å². The van der Waals surface area contributed by atoms with Gasteiger partial charge in [0.2, 0.25) is 0 Å². The fraction of sp³-hybridized carbons (Fsp3) is 0.478. The van der Waals surface area contributed by atoms with Gasteiger partial charge in [-0.25, -0.2) is 0 Å². The third-order valence-corrected chi connectivity index (χ3v) is 6.72. The summed E-state index contributed by atoms with van der Waals surface area (Å²) in [6.45, 7) is 6.83. The van der Waals surface area contributed by atoms with Crippen molar-refractivity contribution in [1.29, 1.82) is 0 Å². The summed E-state index contributed by atoms with van der Waals surface area (Å²) in [7, 11) is 0. The summed E-state index contributed by atoms with van der Waals surface area (Å²) in [6, 6.07) is 13.4. The van der Waals surface area contributed by atoms with Crippen molar-refractivity contribution >= 4 is 31.5 Å². The van der Waals surface area contributed by atoms with Crippen LogP contribution in [0.3, 0.4) is 0 Å². The third-order valence-electron chi connectivity index (χ3n) is 5.34. The van der Waals surface area contributed by atoms with E-state index in [1.54, 1.807) is 0 Å². The van der Waals surface area contributed by atoms with E-state index in [1.165, 1.54) is 63.4 Å². The summed E-state index contributed by atoms with van der Waals surface area (Å²) < 4.78 is 2.96. The van der Waals surface area contributed by atoms with Crippen LogP contribution in [0.4, 0.5) is 0 Å². The second-order valence-electron chi connectivity index (χ2n) is 7.14. The second-order valence-corrected chi connectivity index (χ2v) is 8.16. The van der Waals surface area contributed by atoms with E-state index in [9.17, 15) is 0 Å². The predicted octanol–water partition coefficient (Wildman–Crippen LogP) is 7.77. The maximum atomic E-state index is 2.36. The van der Waals surface area contributed by atoms with Crippen molar-refractivity contribution in [2.24, 2.45) is 5.92 Å². The van der Waals surface area contributed by atoms with E-state index in [2.05, 4.69) is 57.2 Å². The first-order valence-electron chi connectivity index (χ1n) is 9.66. The zero-order chi connectivity index (χ0) is 16.9. The summed E-state index contributed by atoms with van der Waals surface area (Å²) in [6.07, 6.45) is 9.67. The van der Waals surface area contributed by atoms with Crippen LogP contribution in [0.15, 0.2) is 36.4 Å². The molecule has 128 valence electrons. The number of hydrogen-bond donors (Lipinski definition) is 0. The fourth-order valence-corrected chi connectivity index (χ4v) is 5.27. The van der Waals surface area contributed by atoms with Gasteiger partial charge in [-0.05, 0) is 29.9 Å². The van der Waals surface area contributed by atoms with Gasteiger partial charge < -0.3 is 0 Å². The van der Waals surface area contributed by atoms with Crippen LogP contribution in [0.1, 0.15) is 64.0 Å². The van der Waals surface area contributed by atoms with E-state index in [0.29, 0.717) is 0 Å². The predicted molar refractivity (Wildman–Crippen MR) is 110 cm³/mol. The molecule has 0 atom stereocenters. The van der Waals surface area contributed by atoms with Gasteiger partial charge in [-0.3, -0.25) is 0 Å². The molecular formula is C23H30S. The van der Waals surface area contributed by atoms with Crippen molar-refractivity contribution in [3.8, 4) is 0 Å². The highest BCUT2D eigenvalue weighted by molar-refractivity contribution is 7.26. The molecule has 0 nitrogen and oxygen atoms in total. The average Bonchev–Trinajstić information content (AvgIpc) is 3.01. The van der Waals surface area contributed by atoms with Gasteiger partial charge in [0.1, 0.15) is 0 Å². The van der Waals surface area contributed by atoms with Crippen LogP contribution in [0, 0.1) is 5.92 Å². The van der Waals surface area contributed by atoms with Gasteiger partial charge in [-0.2, -0.15) is 0 Å². The molecule has 0 amide bonds. The Bertz CT molecular complexity index is 732. The van der Waals surface area contributed by atoms with Crippen LogP contribution >= 0.6 is 11.3 Å². The Kier molecular flexibility index (Phi) is 5.94. The highest BCUT2D eigenvalue weighted by Crippen LogP contribution is 2.37. The monoisotopic (exact) mass is 338 g/mol. The fourth-order valence-electron chi connectivity index (χ4n) is 3.80. The molecule has 0 saturated heterocycles. The van der Waals surface area contributed by atoms with Gasteiger partial charge in [-0.15, -0.1) is 11.3 Å². The minimum atomic E-state index is 1.04. The van der Waals surface area contributed by atoms with Gasteiger partial charge in [-0.1, -0.05) is 89.3 Å². The molecule has 4 rings (SSSR count). The lowest BCUT2D eigenvalue weighted by atomic mass is 9.91. The highest BCUT2D eigenvalue weighted by Gasteiger charge is 2.09. The molecule has 0 unspecified atom stereocenters. The van der Waals surface area contributed by atoms with E-state index >= 15 is 0 Å². The summed E-state index contributed by atoms with van der Waals surface area (Å²) >= 11 is 1.96. The zero-order valence-electron chi connectivity index (χ0n) is 15.4. The molecule has 0 spiro atoms. The Morgan fingerprint density at radius 1 is 0.792 bits per heavy atom. The lowest BCUT2D eigenvalue weighted by Crippen LogP contribution is -1.99. The van der Waals surface area contributed by atoms with E-state index in [0.717, 1.165) is 18.8 Å². The van der Waals surface area contributed by atoms with Crippen molar-refractivity contribution < 1.29 is 0 Å². The Hall–Kier alpha value is -1.34. The van der Waals surface area contributed by atoms with Crippen LogP contribution in [0.5, 0.6) is 0 Å². The Labute approximate surface area is 150 Å². The smallest absolute Gasteiger partial charge is 0.0387 e. The van der Waals surface area contributed by atoms with E-state index in [4.69, 9.17) is 0 Å². The molecule has 2 aromatic carbocycles. The summed E-state index contributed by atoms with van der Waals surface area (Å²) in [5, 5.41) is 2.86. The minimum absolute atomic E-state index is 1.04. The molecule has 1 aliphatic rings. The molecule has 0 N–H and O–H groups in total. The van der Waals surface area contributed by atoms with Crippen molar-refractivity contribution in [3.05, 3.63) is 47.5 Å². The van der Waals surface area contributed by atoms with E-state index in [1.807, 2.05) is 11.3 Å². The molecule has 3 aromatic rings. The molecule has 1 heterocycles. The van der Waals surface area contributed by atoms with Crippen LogP contribution in [0.2, 0.25) is 0 Å². The standard InChI is InChI=1S/C16H16S.C7H14/c1-3-11-7-5-9-13-14-10-6-8-12(4-2)16(14)17-15(11)13;1-7-5-3-2-4-6-7/h5-10H,3-4H2,1-2H3;7H,2-6H2,1H3. The van der Waals surface area contributed by atoms with Gasteiger partial charge in [0.05, 0.1) is 0 Å². The van der Waals surface area contributed by atoms with E-state index in [-0.39, 0.29) is 0 Å². The van der Waals surface area contributed by atoms with Gasteiger partial charge in [0.25, 0.3) is 0 Å². The summed E-state index contributed by atoms with van der Waals surface area (Å²) in [4.78, 5) is 0. The Morgan fingerprint density at radius 3 is 1.67 bits per heavy atom. The Balaban J connectivity index is 0.000000203. The molecule has 0 aliphatic heterocycles. The first-order valence-corrected chi connectivity index (χ1v) is 10.5. The first kappa shape index (κ1) is 17.5. The highest BCUT2D eigenvalue weighted by atomic mass is 32.1. The number of hydrogen-bond acceptors (Lipinski definition) is 1. The van der Waals surface area contributed by atoms with Gasteiger partial charge >= 0.3 is 0 Å².